The number of halogens is 2. The van der Waals surface area contributed by atoms with Gasteiger partial charge in [0.1, 0.15) is 10.7 Å². The highest BCUT2D eigenvalue weighted by Gasteiger charge is 2.43. The lowest BCUT2D eigenvalue weighted by Gasteiger charge is -2.39. The van der Waals surface area contributed by atoms with Gasteiger partial charge in [0.2, 0.25) is 6.29 Å². The summed E-state index contributed by atoms with van der Waals surface area (Å²) in [5, 5.41) is 7.27. The molecule has 3 aromatic rings. The van der Waals surface area contributed by atoms with Crippen LogP contribution in [0.2, 0.25) is 0 Å². The van der Waals surface area contributed by atoms with E-state index in [0.29, 0.717) is 11.4 Å². The van der Waals surface area contributed by atoms with Crippen LogP contribution in [-0.4, -0.2) is 22.3 Å². The Hall–Kier alpha value is -2.36. The number of thioether (sulfide) groups is 1. The van der Waals surface area contributed by atoms with E-state index in [1.54, 1.807) is 28.8 Å². The summed E-state index contributed by atoms with van der Waals surface area (Å²) in [6.45, 7) is 0.365. The number of benzene rings is 2. The van der Waals surface area contributed by atoms with Crippen molar-refractivity contribution in [3.8, 4) is 0 Å². The molecule has 0 fully saturated rings. The molecule has 0 radical (unpaired) electrons. The molecule has 0 saturated heterocycles. The number of hydrogen-bond acceptors (Lipinski definition) is 6. The van der Waals surface area contributed by atoms with E-state index in [9.17, 15) is 9.18 Å². The monoisotopic (exact) mass is 502 g/mol. The molecule has 1 atom stereocenters. The Balaban J connectivity index is 1.40. The summed E-state index contributed by atoms with van der Waals surface area (Å²) in [5.74, 6) is 0.417. The molecular weight excluding hydrogens is 487 g/mol. The van der Waals surface area contributed by atoms with Gasteiger partial charge in [-0.25, -0.2) is 4.39 Å². The van der Waals surface area contributed by atoms with Crippen LogP contribution in [0.5, 0.6) is 0 Å². The standard InChI is InChI=1S/C21H16BrFN4OS2/c22-15-3-1-2-14(10-15)12-30-21-25-24-20-26(11-13-4-6-16(23)7-5-13)19(28)18-17(27(20)21)8-9-29-18/h1-10,20,24H,11-12H2. The fraction of sp³-hybridized carbons (Fsp3) is 0.143. The zero-order chi connectivity index (χ0) is 20.7. The van der Waals surface area contributed by atoms with Gasteiger partial charge < -0.3 is 0 Å². The van der Waals surface area contributed by atoms with E-state index >= 15 is 0 Å². The summed E-state index contributed by atoms with van der Waals surface area (Å²) in [5.41, 5.74) is 6.04. The Morgan fingerprint density at radius 3 is 2.80 bits per heavy atom. The number of rotatable bonds is 4. The number of thiophene rings is 1. The number of fused-ring (bicyclic) bond motifs is 3. The first-order valence-corrected chi connectivity index (χ1v) is 11.9. The number of amidine groups is 1. The third-order valence-electron chi connectivity index (χ3n) is 4.90. The number of hydrogen-bond donors (Lipinski definition) is 1. The maximum Gasteiger partial charge on any atom is 0.269 e. The van der Waals surface area contributed by atoms with Crippen LogP contribution in [0.4, 0.5) is 10.1 Å². The molecule has 0 aliphatic carbocycles. The molecule has 2 aromatic carbocycles. The molecule has 1 unspecified atom stereocenters. The minimum absolute atomic E-state index is 0.0495. The Kier molecular flexibility index (Phi) is 5.26. The number of carbonyl (C=O) groups is 1. The first-order valence-electron chi connectivity index (χ1n) is 9.23. The highest BCUT2D eigenvalue weighted by Crippen LogP contribution is 2.39. The summed E-state index contributed by atoms with van der Waals surface area (Å²) in [6, 6.07) is 16.4. The van der Waals surface area contributed by atoms with Gasteiger partial charge in [0.05, 0.1) is 5.69 Å². The van der Waals surface area contributed by atoms with Gasteiger partial charge in [-0.05, 0) is 46.8 Å². The van der Waals surface area contributed by atoms with Crippen molar-refractivity contribution in [2.45, 2.75) is 18.6 Å². The van der Waals surface area contributed by atoms with E-state index in [0.717, 1.165) is 26.6 Å². The Morgan fingerprint density at radius 2 is 2.00 bits per heavy atom. The molecular formula is C21H16BrFN4OS2. The highest BCUT2D eigenvalue weighted by atomic mass is 79.9. The Morgan fingerprint density at radius 1 is 1.17 bits per heavy atom. The summed E-state index contributed by atoms with van der Waals surface area (Å²) in [6.07, 6.45) is -0.408. The number of nitrogens with zero attached hydrogens (tertiary/aromatic N) is 3. The van der Waals surface area contributed by atoms with Gasteiger partial charge in [-0.1, -0.05) is 52.0 Å². The molecule has 2 aliphatic rings. The highest BCUT2D eigenvalue weighted by molar-refractivity contribution is 9.10. The summed E-state index contributed by atoms with van der Waals surface area (Å²) >= 11 is 6.56. The summed E-state index contributed by atoms with van der Waals surface area (Å²) < 4.78 is 14.3. The zero-order valence-corrected chi connectivity index (χ0v) is 18.8. The van der Waals surface area contributed by atoms with Gasteiger partial charge in [0.15, 0.2) is 5.17 Å². The number of carbonyl (C=O) groups excluding carboxylic acids is 1. The first kappa shape index (κ1) is 19.6. The van der Waals surface area contributed by atoms with Crippen LogP contribution in [-0.2, 0) is 12.3 Å². The van der Waals surface area contributed by atoms with Crippen LogP contribution in [0, 0.1) is 5.82 Å². The van der Waals surface area contributed by atoms with E-state index < -0.39 is 6.29 Å². The molecule has 9 heteroatoms. The maximum atomic E-state index is 13.3. The van der Waals surface area contributed by atoms with Crippen molar-refractivity contribution < 1.29 is 9.18 Å². The molecule has 152 valence electrons. The average molecular weight is 503 g/mol. The van der Waals surface area contributed by atoms with Crippen molar-refractivity contribution in [3.63, 3.8) is 0 Å². The van der Waals surface area contributed by atoms with Crippen LogP contribution >= 0.6 is 39.0 Å². The lowest BCUT2D eigenvalue weighted by atomic mass is 10.1. The van der Waals surface area contributed by atoms with Crippen LogP contribution in [0.3, 0.4) is 0 Å². The molecule has 1 N–H and O–H groups in total. The smallest absolute Gasteiger partial charge is 0.269 e. The van der Waals surface area contributed by atoms with Crippen molar-refractivity contribution >= 4 is 55.8 Å². The van der Waals surface area contributed by atoms with Crippen LogP contribution in [0.25, 0.3) is 0 Å². The molecule has 0 spiro atoms. The summed E-state index contributed by atoms with van der Waals surface area (Å²) in [4.78, 5) is 17.6. The molecule has 1 amide bonds. The van der Waals surface area contributed by atoms with Gasteiger partial charge in [0.25, 0.3) is 5.91 Å². The normalized spacial score (nSPS) is 17.5. The number of hydrazone groups is 1. The molecule has 0 saturated carbocycles. The molecule has 5 nitrogen and oxygen atoms in total. The fourth-order valence-corrected chi connectivity index (χ4v) is 5.70. The second kappa shape index (κ2) is 8.05. The van der Waals surface area contributed by atoms with Crippen molar-refractivity contribution in [3.05, 3.63) is 86.3 Å². The topological polar surface area (TPSA) is 47.9 Å². The van der Waals surface area contributed by atoms with E-state index in [2.05, 4.69) is 43.5 Å². The Bertz CT molecular complexity index is 1130. The van der Waals surface area contributed by atoms with E-state index in [4.69, 9.17) is 0 Å². The molecule has 30 heavy (non-hydrogen) atoms. The van der Waals surface area contributed by atoms with Crippen LogP contribution in [0.15, 0.2) is 69.6 Å². The van der Waals surface area contributed by atoms with Gasteiger partial charge >= 0.3 is 0 Å². The van der Waals surface area contributed by atoms with Crippen LogP contribution in [0.1, 0.15) is 20.8 Å². The van der Waals surface area contributed by atoms with E-state index in [1.807, 2.05) is 23.6 Å². The second-order valence-electron chi connectivity index (χ2n) is 6.88. The fourth-order valence-electron chi connectivity index (χ4n) is 3.49. The lowest BCUT2D eigenvalue weighted by Crippen LogP contribution is -2.57. The van der Waals surface area contributed by atoms with Gasteiger partial charge in [-0.15, -0.1) is 11.3 Å². The largest absolute Gasteiger partial charge is 0.294 e. The molecule has 3 heterocycles. The van der Waals surface area contributed by atoms with Gasteiger partial charge in [-0.2, -0.15) is 5.10 Å². The molecule has 5 rings (SSSR count). The summed E-state index contributed by atoms with van der Waals surface area (Å²) in [7, 11) is 0. The first-order chi connectivity index (χ1) is 14.6. The average Bonchev–Trinajstić information content (AvgIpc) is 3.38. The predicted molar refractivity (Wildman–Crippen MR) is 123 cm³/mol. The minimum atomic E-state index is -0.408. The van der Waals surface area contributed by atoms with Gasteiger partial charge in [0, 0.05) is 16.8 Å². The molecule has 2 aliphatic heterocycles. The van der Waals surface area contributed by atoms with E-state index in [-0.39, 0.29) is 11.7 Å². The lowest BCUT2D eigenvalue weighted by molar-refractivity contribution is 0.0629. The predicted octanol–water partition coefficient (Wildman–Crippen LogP) is 5.20. The zero-order valence-electron chi connectivity index (χ0n) is 15.6. The van der Waals surface area contributed by atoms with Gasteiger partial charge in [-0.3, -0.25) is 20.0 Å². The SMILES string of the molecule is O=C1c2sccc2N2C(SCc3cccc(Br)c3)=NNC2N1Cc1ccc(F)cc1. The van der Waals surface area contributed by atoms with Crippen molar-refractivity contribution in [2.75, 3.05) is 4.90 Å². The third kappa shape index (κ3) is 3.61. The number of anilines is 1. The number of nitrogens with one attached hydrogen (secondary N) is 1. The molecule has 1 aromatic heterocycles. The maximum absolute atomic E-state index is 13.3. The van der Waals surface area contributed by atoms with Crippen LogP contribution < -0.4 is 10.3 Å². The second-order valence-corrected chi connectivity index (χ2v) is 9.65. The Labute approximate surface area is 189 Å². The van der Waals surface area contributed by atoms with Crippen molar-refractivity contribution in [2.24, 2.45) is 5.10 Å². The van der Waals surface area contributed by atoms with E-state index in [1.165, 1.54) is 29.0 Å². The number of amides is 1. The molecule has 0 bridgehead atoms. The minimum Gasteiger partial charge on any atom is -0.294 e. The quantitative estimate of drug-likeness (QED) is 0.532. The third-order valence-corrected chi connectivity index (χ3v) is 7.31. The van der Waals surface area contributed by atoms with Crippen molar-refractivity contribution in [1.29, 1.82) is 0 Å². The van der Waals surface area contributed by atoms with Crippen molar-refractivity contribution in [1.82, 2.24) is 10.3 Å².